The molecule has 1 saturated carbocycles. The van der Waals surface area contributed by atoms with E-state index in [1.54, 1.807) is 0 Å². The van der Waals surface area contributed by atoms with Gasteiger partial charge in [0.05, 0.1) is 5.02 Å². The summed E-state index contributed by atoms with van der Waals surface area (Å²) in [4.78, 5) is 0. The minimum absolute atomic E-state index is 0. The first kappa shape index (κ1) is 15.5. The molecule has 1 fully saturated rings. The van der Waals surface area contributed by atoms with Crippen molar-refractivity contribution >= 4 is 24.0 Å². The second kappa shape index (κ2) is 6.60. The lowest BCUT2D eigenvalue weighted by atomic mass is 9.81. The third-order valence-electron chi connectivity index (χ3n) is 3.57. The topological polar surface area (TPSA) is 46.2 Å². The van der Waals surface area contributed by atoms with Gasteiger partial charge in [-0.25, -0.2) is 4.39 Å². The van der Waals surface area contributed by atoms with Crippen molar-refractivity contribution < 1.29 is 9.50 Å². The molecule has 1 atom stereocenters. The third kappa shape index (κ3) is 3.28. The van der Waals surface area contributed by atoms with Gasteiger partial charge in [0.25, 0.3) is 0 Å². The summed E-state index contributed by atoms with van der Waals surface area (Å²) in [7, 11) is 0. The molecule has 1 aromatic rings. The van der Waals surface area contributed by atoms with Gasteiger partial charge in [0.15, 0.2) is 0 Å². The van der Waals surface area contributed by atoms with Crippen LogP contribution >= 0.6 is 24.0 Å². The summed E-state index contributed by atoms with van der Waals surface area (Å²) in [5.74, 6) is -0.215. The summed E-state index contributed by atoms with van der Waals surface area (Å²) in [5, 5.41) is 9.88. The zero-order valence-corrected chi connectivity index (χ0v) is 11.6. The van der Waals surface area contributed by atoms with E-state index in [1.807, 2.05) is 0 Å². The van der Waals surface area contributed by atoms with Gasteiger partial charge < -0.3 is 10.8 Å². The molecule has 5 heteroatoms. The van der Waals surface area contributed by atoms with E-state index >= 15 is 0 Å². The molecule has 2 nitrogen and oxygen atoms in total. The molecule has 1 aromatic carbocycles. The maximum Gasteiger partial charge on any atom is 0.139 e. The number of phenolic OH excluding ortho intramolecular Hbond substituents is 1. The van der Waals surface area contributed by atoms with Crippen LogP contribution in [0.1, 0.15) is 43.7 Å². The summed E-state index contributed by atoms with van der Waals surface area (Å²) in [6.45, 7) is 0. The van der Waals surface area contributed by atoms with E-state index in [-0.39, 0.29) is 29.2 Å². The smallest absolute Gasteiger partial charge is 0.139 e. The minimum atomic E-state index is -0.450. The Morgan fingerprint density at radius 2 is 1.89 bits per heavy atom. The van der Waals surface area contributed by atoms with Crippen molar-refractivity contribution in [2.45, 2.75) is 38.1 Å². The molecule has 18 heavy (non-hydrogen) atoms. The largest absolute Gasteiger partial charge is 0.506 e. The Morgan fingerprint density at radius 3 is 2.50 bits per heavy atom. The highest BCUT2D eigenvalue weighted by molar-refractivity contribution is 6.32. The molecule has 0 aliphatic heterocycles. The van der Waals surface area contributed by atoms with E-state index < -0.39 is 5.82 Å². The van der Waals surface area contributed by atoms with Crippen molar-refractivity contribution in [1.82, 2.24) is 0 Å². The first-order valence-corrected chi connectivity index (χ1v) is 6.41. The Bertz CT molecular complexity index is 408. The molecule has 0 amide bonds. The summed E-state index contributed by atoms with van der Waals surface area (Å²) < 4.78 is 13.3. The molecule has 2 rings (SSSR count). The van der Waals surface area contributed by atoms with E-state index in [1.165, 1.54) is 12.5 Å². The highest BCUT2D eigenvalue weighted by Gasteiger charge is 2.25. The van der Waals surface area contributed by atoms with Gasteiger partial charge in [0, 0.05) is 11.6 Å². The number of halogens is 3. The van der Waals surface area contributed by atoms with Gasteiger partial charge in [-0.1, -0.05) is 30.9 Å². The van der Waals surface area contributed by atoms with Crippen LogP contribution in [-0.2, 0) is 0 Å². The minimum Gasteiger partial charge on any atom is -0.506 e. The molecule has 1 aliphatic rings. The maximum absolute atomic E-state index is 13.3. The van der Waals surface area contributed by atoms with Crippen LogP contribution in [0.3, 0.4) is 0 Å². The SMILES string of the molecule is Cl.N[C@H](c1cc(F)cc(Cl)c1O)C1CCCCC1. The molecule has 1 aliphatic carbocycles. The average molecular weight is 294 g/mol. The predicted octanol–water partition coefficient (Wildman–Crippen LogP) is 4.19. The van der Waals surface area contributed by atoms with E-state index in [9.17, 15) is 9.50 Å². The fourth-order valence-electron chi connectivity index (χ4n) is 2.59. The molecule has 0 saturated heterocycles. The molecule has 0 aromatic heterocycles. The van der Waals surface area contributed by atoms with Crippen LogP contribution in [0.2, 0.25) is 5.02 Å². The first-order valence-electron chi connectivity index (χ1n) is 6.03. The summed E-state index contributed by atoms with van der Waals surface area (Å²) in [5.41, 5.74) is 6.56. The predicted molar refractivity (Wildman–Crippen MR) is 73.8 cm³/mol. The Labute approximate surface area is 118 Å². The van der Waals surface area contributed by atoms with E-state index in [0.717, 1.165) is 31.7 Å². The third-order valence-corrected chi connectivity index (χ3v) is 3.86. The lowest BCUT2D eigenvalue weighted by Gasteiger charge is -2.28. The monoisotopic (exact) mass is 293 g/mol. The number of nitrogens with two attached hydrogens (primary N) is 1. The van der Waals surface area contributed by atoms with Gasteiger partial charge in [0.1, 0.15) is 11.6 Å². The quantitative estimate of drug-likeness (QED) is 0.859. The van der Waals surface area contributed by atoms with Crippen molar-refractivity contribution in [2.24, 2.45) is 11.7 Å². The number of hydrogen-bond donors (Lipinski definition) is 2. The highest BCUT2D eigenvalue weighted by atomic mass is 35.5. The molecule has 3 N–H and O–H groups in total. The van der Waals surface area contributed by atoms with Crippen LogP contribution in [0.5, 0.6) is 5.75 Å². The maximum atomic E-state index is 13.3. The standard InChI is InChI=1S/C13H17ClFNO.ClH/c14-11-7-9(15)6-10(13(11)17)12(16)8-4-2-1-3-5-8;/h6-8,12,17H,1-5,16H2;1H/t12-;/m0./s1. The number of hydrogen-bond acceptors (Lipinski definition) is 2. The average Bonchev–Trinajstić information content (AvgIpc) is 2.34. The van der Waals surface area contributed by atoms with Gasteiger partial charge >= 0.3 is 0 Å². The van der Waals surface area contributed by atoms with Crippen LogP contribution in [0, 0.1) is 11.7 Å². The summed E-state index contributed by atoms with van der Waals surface area (Å²) >= 11 is 5.76. The zero-order valence-electron chi connectivity index (χ0n) is 10.0. The van der Waals surface area contributed by atoms with Gasteiger partial charge in [-0.15, -0.1) is 12.4 Å². The fourth-order valence-corrected chi connectivity index (χ4v) is 2.80. The number of rotatable bonds is 2. The van der Waals surface area contributed by atoms with Crippen molar-refractivity contribution in [1.29, 1.82) is 0 Å². The number of benzene rings is 1. The van der Waals surface area contributed by atoms with Crippen molar-refractivity contribution in [3.63, 3.8) is 0 Å². The van der Waals surface area contributed by atoms with Gasteiger partial charge in [-0.3, -0.25) is 0 Å². The van der Waals surface area contributed by atoms with Gasteiger partial charge in [-0.2, -0.15) is 0 Å². The van der Waals surface area contributed by atoms with Crippen LogP contribution < -0.4 is 5.73 Å². The van der Waals surface area contributed by atoms with Gasteiger partial charge in [-0.05, 0) is 30.9 Å². The molecule has 0 spiro atoms. The molecular formula is C13H18Cl2FNO. The zero-order chi connectivity index (χ0) is 12.4. The molecule has 0 unspecified atom stereocenters. The Hall–Kier alpha value is -0.510. The normalized spacial score (nSPS) is 18.2. The molecular weight excluding hydrogens is 276 g/mol. The van der Waals surface area contributed by atoms with Crippen LogP contribution in [0.25, 0.3) is 0 Å². The van der Waals surface area contributed by atoms with Crippen LogP contribution in [-0.4, -0.2) is 5.11 Å². The van der Waals surface area contributed by atoms with Crippen LogP contribution in [0.4, 0.5) is 4.39 Å². The van der Waals surface area contributed by atoms with E-state index in [0.29, 0.717) is 11.5 Å². The first-order chi connectivity index (χ1) is 8.09. The number of aromatic hydroxyl groups is 1. The Kier molecular flexibility index (Phi) is 5.70. The van der Waals surface area contributed by atoms with Crippen molar-refractivity contribution in [3.8, 4) is 5.75 Å². The Morgan fingerprint density at radius 1 is 1.28 bits per heavy atom. The second-order valence-electron chi connectivity index (χ2n) is 4.75. The van der Waals surface area contributed by atoms with Crippen molar-refractivity contribution in [3.05, 3.63) is 28.5 Å². The van der Waals surface area contributed by atoms with E-state index in [2.05, 4.69) is 0 Å². The number of phenols is 1. The molecule has 0 heterocycles. The highest BCUT2D eigenvalue weighted by Crippen LogP contribution is 2.39. The molecule has 0 bridgehead atoms. The Balaban J connectivity index is 0.00000162. The lowest BCUT2D eigenvalue weighted by Crippen LogP contribution is -2.23. The van der Waals surface area contributed by atoms with E-state index in [4.69, 9.17) is 17.3 Å². The molecule has 0 radical (unpaired) electrons. The van der Waals surface area contributed by atoms with Gasteiger partial charge in [0.2, 0.25) is 0 Å². The second-order valence-corrected chi connectivity index (χ2v) is 5.16. The van der Waals surface area contributed by atoms with Crippen LogP contribution in [0.15, 0.2) is 12.1 Å². The summed E-state index contributed by atoms with van der Waals surface area (Å²) in [6, 6.07) is 2.07. The summed E-state index contributed by atoms with van der Waals surface area (Å²) in [6.07, 6.45) is 5.62. The fraction of sp³-hybridized carbons (Fsp3) is 0.538. The molecule has 102 valence electrons. The lowest BCUT2D eigenvalue weighted by molar-refractivity contribution is 0.302. The van der Waals surface area contributed by atoms with Crippen molar-refractivity contribution in [2.75, 3.05) is 0 Å².